The van der Waals surface area contributed by atoms with Crippen LogP contribution in [-0.4, -0.2) is 34.5 Å². The van der Waals surface area contributed by atoms with E-state index in [4.69, 9.17) is 4.74 Å². The van der Waals surface area contributed by atoms with E-state index < -0.39 is 10.0 Å². The topological polar surface area (TPSA) is 75.7 Å². The number of anilines is 1. The van der Waals surface area contributed by atoms with Crippen molar-refractivity contribution in [2.75, 3.05) is 18.5 Å². The Bertz CT molecular complexity index is 979. The Morgan fingerprint density at radius 2 is 1.67 bits per heavy atom. The zero-order chi connectivity index (χ0) is 21.7. The molecular formula is C23H30N2O4S. The summed E-state index contributed by atoms with van der Waals surface area (Å²) in [5.74, 6) is 0.434. The molecule has 1 aliphatic carbocycles. The first-order chi connectivity index (χ1) is 14.3. The van der Waals surface area contributed by atoms with Gasteiger partial charge in [-0.1, -0.05) is 31.7 Å². The van der Waals surface area contributed by atoms with Gasteiger partial charge in [0.1, 0.15) is 5.75 Å². The molecule has 7 heteroatoms. The third-order valence-corrected chi connectivity index (χ3v) is 7.50. The zero-order valence-corrected chi connectivity index (χ0v) is 18.7. The molecule has 0 spiro atoms. The van der Waals surface area contributed by atoms with Crippen molar-refractivity contribution in [3.8, 4) is 5.75 Å². The van der Waals surface area contributed by atoms with E-state index in [0.29, 0.717) is 17.0 Å². The second-order valence-electron chi connectivity index (χ2n) is 7.81. The minimum absolute atomic E-state index is 0.154. The Kier molecular flexibility index (Phi) is 7.02. The molecule has 1 saturated carbocycles. The highest BCUT2D eigenvalue weighted by atomic mass is 32.2. The molecule has 0 aromatic heterocycles. The summed E-state index contributed by atoms with van der Waals surface area (Å²) in [6.45, 7) is 1.84. The number of hydrogen-bond acceptors (Lipinski definition) is 4. The van der Waals surface area contributed by atoms with Crippen LogP contribution in [0.5, 0.6) is 5.75 Å². The average molecular weight is 431 g/mol. The van der Waals surface area contributed by atoms with Gasteiger partial charge in [0.2, 0.25) is 0 Å². The maximum Gasteiger partial charge on any atom is 0.264 e. The van der Waals surface area contributed by atoms with Crippen LogP contribution in [0.1, 0.15) is 54.4 Å². The quantitative estimate of drug-likeness (QED) is 0.694. The van der Waals surface area contributed by atoms with E-state index in [1.807, 2.05) is 6.92 Å². The number of ether oxygens (including phenoxy) is 1. The number of hydrogen-bond donors (Lipinski definition) is 1. The summed E-state index contributed by atoms with van der Waals surface area (Å²) in [7, 11) is -0.727. The van der Waals surface area contributed by atoms with Crippen molar-refractivity contribution in [2.24, 2.45) is 0 Å². The van der Waals surface area contributed by atoms with Crippen LogP contribution < -0.4 is 14.4 Å². The van der Waals surface area contributed by atoms with Gasteiger partial charge in [-0.05, 0) is 61.7 Å². The lowest BCUT2D eigenvalue weighted by atomic mass is 10.1. The summed E-state index contributed by atoms with van der Waals surface area (Å²) in [6, 6.07) is 11.6. The second kappa shape index (κ2) is 9.51. The molecule has 2 aromatic carbocycles. The molecule has 0 heterocycles. The number of carbonyl (C=O) groups is 1. The maximum absolute atomic E-state index is 13.1. The molecular weight excluding hydrogens is 400 g/mol. The lowest BCUT2D eigenvalue weighted by Gasteiger charge is -2.23. The van der Waals surface area contributed by atoms with Crippen LogP contribution in [0.2, 0.25) is 0 Å². The number of rotatable bonds is 6. The molecule has 1 N–H and O–H groups in total. The summed E-state index contributed by atoms with van der Waals surface area (Å²) in [6.07, 6.45) is 6.69. The van der Waals surface area contributed by atoms with Gasteiger partial charge in [-0.15, -0.1) is 0 Å². The monoisotopic (exact) mass is 430 g/mol. The zero-order valence-electron chi connectivity index (χ0n) is 17.8. The van der Waals surface area contributed by atoms with E-state index in [1.54, 1.807) is 30.3 Å². The number of nitrogens with zero attached hydrogens (tertiary/aromatic N) is 1. The lowest BCUT2D eigenvalue weighted by Crippen LogP contribution is -2.34. The summed E-state index contributed by atoms with van der Waals surface area (Å²) in [4.78, 5) is 13.0. The Hall–Kier alpha value is -2.54. The second-order valence-corrected chi connectivity index (χ2v) is 9.78. The number of amides is 1. The van der Waals surface area contributed by atoms with Crippen molar-refractivity contribution in [2.45, 2.75) is 56.4 Å². The molecule has 3 rings (SSSR count). The predicted octanol–water partition coefficient (Wildman–Crippen LogP) is 4.28. The van der Waals surface area contributed by atoms with Crippen LogP contribution in [0.25, 0.3) is 0 Å². The fourth-order valence-electron chi connectivity index (χ4n) is 3.82. The maximum atomic E-state index is 13.1. The standard InChI is InChI=1S/C23H30N2O4S/c1-17-10-11-18(23(26)24-19-8-6-4-5-7-9-19)16-22(17)25(2)30(27,28)21-14-12-20(29-3)13-15-21/h10-16,19H,4-9H2,1-3H3,(H,24,26). The van der Waals surface area contributed by atoms with Crippen LogP contribution in [-0.2, 0) is 10.0 Å². The summed E-state index contributed by atoms with van der Waals surface area (Å²) in [5, 5.41) is 3.12. The molecule has 1 fully saturated rings. The van der Waals surface area contributed by atoms with Crippen molar-refractivity contribution < 1.29 is 17.9 Å². The number of methoxy groups -OCH3 is 1. The molecule has 6 nitrogen and oxygen atoms in total. The fraction of sp³-hybridized carbons (Fsp3) is 0.435. The van der Waals surface area contributed by atoms with Gasteiger partial charge in [0.25, 0.3) is 15.9 Å². The van der Waals surface area contributed by atoms with Crippen molar-refractivity contribution in [3.05, 3.63) is 53.6 Å². The molecule has 0 unspecified atom stereocenters. The van der Waals surface area contributed by atoms with Crippen molar-refractivity contribution in [1.82, 2.24) is 5.32 Å². The van der Waals surface area contributed by atoms with Crippen LogP contribution >= 0.6 is 0 Å². The van der Waals surface area contributed by atoms with Gasteiger partial charge >= 0.3 is 0 Å². The SMILES string of the molecule is COc1ccc(S(=O)(=O)N(C)c2cc(C(=O)NC3CCCCCC3)ccc2C)cc1. The van der Waals surface area contributed by atoms with E-state index in [-0.39, 0.29) is 16.8 Å². The molecule has 0 bridgehead atoms. The first-order valence-corrected chi connectivity index (χ1v) is 11.8. The van der Waals surface area contributed by atoms with E-state index in [2.05, 4.69) is 5.32 Å². The largest absolute Gasteiger partial charge is 0.497 e. The summed E-state index contributed by atoms with van der Waals surface area (Å²) >= 11 is 0. The first kappa shape index (κ1) is 22.2. The van der Waals surface area contributed by atoms with E-state index >= 15 is 0 Å². The van der Waals surface area contributed by atoms with Crippen molar-refractivity contribution >= 4 is 21.6 Å². The highest BCUT2D eigenvalue weighted by molar-refractivity contribution is 7.92. The minimum atomic E-state index is -3.77. The Labute approximate surface area is 179 Å². The van der Waals surface area contributed by atoms with Gasteiger partial charge in [-0.25, -0.2) is 8.42 Å². The number of carbonyl (C=O) groups excluding carboxylic acids is 1. The molecule has 1 amide bonds. The van der Waals surface area contributed by atoms with Crippen LogP contribution in [0.4, 0.5) is 5.69 Å². The molecule has 0 atom stereocenters. The highest BCUT2D eigenvalue weighted by Gasteiger charge is 2.24. The average Bonchev–Trinajstić information content (AvgIpc) is 3.02. The molecule has 162 valence electrons. The van der Waals surface area contributed by atoms with Crippen LogP contribution in [0.3, 0.4) is 0 Å². The first-order valence-electron chi connectivity index (χ1n) is 10.4. The Morgan fingerprint density at radius 3 is 2.27 bits per heavy atom. The Morgan fingerprint density at radius 1 is 1.03 bits per heavy atom. The van der Waals surface area contributed by atoms with Gasteiger partial charge in [-0.3, -0.25) is 9.10 Å². The smallest absolute Gasteiger partial charge is 0.264 e. The molecule has 1 aliphatic rings. The molecule has 0 radical (unpaired) electrons. The third kappa shape index (κ3) is 4.95. The molecule has 2 aromatic rings. The van der Waals surface area contributed by atoms with Crippen molar-refractivity contribution in [1.29, 1.82) is 0 Å². The predicted molar refractivity (Wildman–Crippen MR) is 119 cm³/mol. The minimum Gasteiger partial charge on any atom is -0.497 e. The Balaban J connectivity index is 1.83. The van der Waals surface area contributed by atoms with Gasteiger partial charge in [0.15, 0.2) is 0 Å². The van der Waals surface area contributed by atoms with Gasteiger partial charge in [0, 0.05) is 18.7 Å². The fourth-order valence-corrected chi connectivity index (χ4v) is 5.07. The van der Waals surface area contributed by atoms with E-state index in [1.165, 1.54) is 43.4 Å². The van der Waals surface area contributed by atoms with Gasteiger partial charge in [0.05, 0.1) is 17.7 Å². The van der Waals surface area contributed by atoms with Crippen LogP contribution in [0, 0.1) is 6.92 Å². The third-order valence-electron chi connectivity index (χ3n) is 5.72. The van der Waals surface area contributed by atoms with Crippen LogP contribution in [0.15, 0.2) is 47.4 Å². The van der Waals surface area contributed by atoms with E-state index in [0.717, 1.165) is 31.2 Å². The summed E-state index contributed by atoms with van der Waals surface area (Å²) < 4.78 is 32.5. The number of aryl methyl sites for hydroxylation is 1. The molecule has 0 aliphatic heterocycles. The van der Waals surface area contributed by atoms with E-state index in [9.17, 15) is 13.2 Å². The molecule has 0 saturated heterocycles. The van der Waals surface area contributed by atoms with Crippen molar-refractivity contribution in [3.63, 3.8) is 0 Å². The number of sulfonamides is 1. The highest BCUT2D eigenvalue weighted by Crippen LogP contribution is 2.28. The number of nitrogens with one attached hydrogen (secondary N) is 1. The molecule has 30 heavy (non-hydrogen) atoms. The number of benzene rings is 2. The normalized spacial score (nSPS) is 15.3. The van der Waals surface area contributed by atoms with Gasteiger partial charge in [-0.2, -0.15) is 0 Å². The summed E-state index contributed by atoms with van der Waals surface area (Å²) in [5.41, 5.74) is 1.73. The van der Waals surface area contributed by atoms with Gasteiger partial charge < -0.3 is 10.1 Å². The lowest BCUT2D eigenvalue weighted by molar-refractivity contribution is 0.0933.